The molecule has 2 aromatic rings. The fourth-order valence-electron chi connectivity index (χ4n) is 5.39. The van der Waals surface area contributed by atoms with Crippen LogP contribution in [-0.2, 0) is 12.8 Å². The highest BCUT2D eigenvalue weighted by atomic mass is 28.3. The molecular formula is C26H34Si. The van der Waals surface area contributed by atoms with Crippen molar-refractivity contribution in [2.75, 3.05) is 0 Å². The molecule has 0 aromatic heterocycles. The van der Waals surface area contributed by atoms with Crippen molar-refractivity contribution in [3.05, 3.63) is 58.7 Å². The number of fused-ring (bicyclic) bond motifs is 1. The third-order valence-corrected chi connectivity index (χ3v) is 10.3. The summed E-state index contributed by atoms with van der Waals surface area (Å²) in [7, 11) is -1.55. The molecular weight excluding hydrogens is 340 g/mol. The van der Waals surface area contributed by atoms with Gasteiger partial charge in [0.1, 0.15) is 8.07 Å². The van der Waals surface area contributed by atoms with Gasteiger partial charge < -0.3 is 0 Å². The van der Waals surface area contributed by atoms with Crippen molar-refractivity contribution in [3.63, 3.8) is 0 Å². The van der Waals surface area contributed by atoms with Crippen LogP contribution in [0.25, 0.3) is 16.3 Å². The first kappa shape index (κ1) is 18.7. The van der Waals surface area contributed by atoms with E-state index < -0.39 is 8.07 Å². The average molecular weight is 375 g/mol. The molecule has 142 valence electrons. The van der Waals surface area contributed by atoms with Crippen molar-refractivity contribution in [1.29, 1.82) is 0 Å². The van der Waals surface area contributed by atoms with Gasteiger partial charge in [0.15, 0.2) is 0 Å². The number of aryl methyl sites for hydroxylation is 1. The molecule has 0 nitrogen and oxygen atoms in total. The van der Waals surface area contributed by atoms with Gasteiger partial charge in [-0.2, -0.15) is 0 Å². The molecule has 2 aromatic carbocycles. The highest BCUT2D eigenvalue weighted by molar-refractivity contribution is 7.07. The summed E-state index contributed by atoms with van der Waals surface area (Å²) >= 11 is 0. The second-order valence-electron chi connectivity index (χ2n) is 9.06. The Kier molecular flexibility index (Phi) is 5.16. The second-order valence-corrected chi connectivity index (χ2v) is 13.3. The topological polar surface area (TPSA) is 0 Å². The van der Waals surface area contributed by atoms with E-state index in [1.54, 1.807) is 27.5 Å². The van der Waals surface area contributed by atoms with Gasteiger partial charge in [-0.1, -0.05) is 94.6 Å². The Morgan fingerprint density at radius 3 is 2.26 bits per heavy atom. The van der Waals surface area contributed by atoms with Crippen molar-refractivity contribution in [2.24, 2.45) is 0 Å². The number of hydrogen-bond donors (Lipinski definition) is 0. The molecule has 0 atom stereocenters. The smallest absolute Gasteiger partial charge is 0.0655 e. The van der Waals surface area contributed by atoms with Crippen LogP contribution in [0.4, 0.5) is 0 Å². The SMILES string of the molecule is CCCCCCC1=C2c3c(ccc(c3-c3ccc(CCC)cc3)[Si]2(C)C)C1. The van der Waals surface area contributed by atoms with Crippen LogP contribution in [0.1, 0.15) is 69.1 Å². The Balaban J connectivity index is 1.73. The molecule has 0 saturated carbocycles. The van der Waals surface area contributed by atoms with Gasteiger partial charge in [-0.15, -0.1) is 0 Å². The maximum Gasteiger partial charge on any atom is 0.113 e. The van der Waals surface area contributed by atoms with Crippen LogP contribution in [0.5, 0.6) is 0 Å². The Labute approximate surface area is 166 Å². The minimum Gasteiger partial charge on any atom is -0.0655 e. The fourth-order valence-corrected chi connectivity index (χ4v) is 9.06. The van der Waals surface area contributed by atoms with E-state index in [4.69, 9.17) is 0 Å². The van der Waals surface area contributed by atoms with Crippen LogP contribution >= 0.6 is 0 Å². The van der Waals surface area contributed by atoms with Crippen LogP contribution in [0.3, 0.4) is 0 Å². The van der Waals surface area contributed by atoms with Gasteiger partial charge in [-0.05, 0) is 63.9 Å². The Morgan fingerprint density at radius 1 is 0.778 bits per heavy atom. The summed E-state index contributed by atoms with van der Waals surface area (Å²) in [5.41, 5.74) is 9.55. The minimum absolute atomic E-state index is 1.19. The molecule has 0 fully saturated rings. The summed E-state index contributed by atoms with van der Waals surface area (Å²) in [6.45, 7) is 9.73. The zero-order valence-corrected chi connectivity index (χ0v) is 18.6. The minimum atomic E-state index is -1.55. The van der Waals surface area contributed by atoms with E-state index in [2.05, 4.69) is 63.3 Å². The van der Waals surface area contributed by atoms with E-state index in [1.165, 1.54) is 62.5 Å². The fraction of sp³-hybridized carbons (Fsp3) is 0.462. The quantitative estimate of drug-likeness (QED) is 0.343. The van der Waals surface area contributed by atoms with E-state index >= 15 is 0 Å². The Hall–Kier alpha value is -1.60. The van der Waals surface area contributed by atoms with Crippen molar-refractivity contribution in [3.8, 4) is 11.1 Å². The molecule has 0 unspecified atom stereocenters. The van der Waals surface area contributed by atoms with Crippen LogP contribution in [0.15, 0.2) is 42.0 Å². The van der Waals surface area contributed by atoms with Gasteiger partial charge in [0.25, 0.3) is 0 Å². The number of benzene rings is 2. The predicted octanol–water partition coefficient (Wildman–Crippen LogP) is 7.05. The molecule has 0 saturated heterocycles. The normalized spacial score (nSPS) is 16.4. The Morgan fingerprint density at radius 2 is 1.56 bits per heavy atom. The maximum absolute atomic E-state index is 2.58. The largest absolute Gasteiger partial charge is 0.113 e. The van der Waals surface area contributed by atoms with Crippen molar-refractivity contribution < 1.29 is 0 Å². The average Bonchev–Trinajstić information content (AvgIpc) is 3.11. The molecule has 2 bridgehead atoms. The molecule has 0 amide bonds. The van der Waals surface area contributed by atoms with Gasteiger partial charge in [0, 0.05) is 0 Å². The van der Waals surface area contributed by atoms with Gasteiger partial charge in [-0.3, -0.25) is 0 Å². The van der Waals surface area contributed by atoms with E-state index in [-0.39, 0.29) is 0 Å². The number of unbranched alkanes of at least 4 members (excludes halogenated alkanes) is 3. The lowest BCUT2D eigenvalue weighted by atomic mass is 9.96. The van der Waals surface area contributed by atoms with Gasteiger partial charge in [0.05, 0.1) is 0 Å². The highest BCUT2D eigenvalue weighted by Gasteiger charge is 2.45. The van der Waals surface area contributed by atoms with Crippen molar-refractivity contribution in [2.45, 2.75) is 78.3 Å². The van der Waals surface area contributed by atoms with Crippen molar-refractivity contribution >= 4 is 18.5 Å². The van der Waals surface area contributed by atoms with E-state index in [9.17, 15) is 0 Å². The third-order valence-electron chi connectivity index (χ3n) is 6.71. The summed E-state index contributed by atoms with van der Waals surface area (Å²) in [5.74, 6) is 0. The Bertz CT molecular complexity index is 868. The van der Waals surface area contributed by atoms with E-state index in [0.29, 0.717) is 0 Å². The van der Waals surface area contributed by atoms with Gasteiger partial charge in [-0.25, -0.2) is 0 Å². The first-order valence-electron chi connectivity index (χ1n) is 11.1. The summed E-state index contributed by atoms with van der Waals surface area (Å²) in [4.78, 5) is 0. The first-order valence-corrected chi connectivity index (χ1v) is 14.1. The van der Waals surface area contributed by atoms with Crippen LogP contribution in [0.2, 0.25) is 13.1 Å². The molecule has 0 N–H and O–H groups in total. The number of rotatable bonds is 8. The van der Waals surface area contributed by atoms with E-state index in [1.807, 2.05) is 5.20 Å². The van der Waals surface area contributed by atoms with Crippen LogP contribution < -0.4 is 5.19 Å². The molecule has 1 heterocycles. The molecule has 1 aliphatic heterocycles. The summed E-state index contributed by atoms with van der Waals surface area (Å²) in [6.07, 6.45) is 10.4. The molecule has 0 radical (unpaired) electrons. The third kappa shape index (κ3) is 3.14. The second kappa shape index (κ2) is 7.43. The predicted molar refractivity (Wildman–Crippen MR) is 122 cm³/mol. The number of hydrogen-bond acceptors (Lipinski definition) is 0. The molecule has 0 spiro atoms. The van der Waals surface area contributed by atoms with Crippen LogP contribution in [0, 0.1) is 0 Å². The van der Waals surface area contributed by atoms with E-state index in [0.717, 1.165) is 0 Å². The molecule has 4 rings (SSSR count). The lowest BCUT2D eigenvalue weighted by molar-refractivity contribution is 0.662. The van der Waals surface area contributed by atoms with Crippen molar-refractivity contribution in [1.82, 2.24) is 0 Å². The molecule has 1 heteroatoms. The summed E-state index contributed by atoms with van der Waals surface area (Å²) in [6, 6.07) is 14.4. The lowest BCUT2D eigenvalue weighted by Crippen LogP contribution is -2.39. The maximum atomic E-state index is 2.58. The first-order chi connectivity index (χ1) is 13.1. The lowest BCUT2D eigenvalue weighted by Gasteiger charge is -2.22. The number of allylic oxidation sites excluding steroid dienone is 1. The summed E-state index contributed by atoms with van der Waals surface area (Å²) in [5, 5.41) is 3.48. The molecule has 27 heavy (non-hydrogen) atoms. The molecule has 2 aliphatic rings. The highest BCUT2D eigenvalue weighted by Crippen LogP contribution is 2.50. The zero-order valence-electron chi connectivity index (χ0n) is 17.6. The monoisotopic (exact) mass is 374 g/mol. The van der Waals surface area contributed by atoms with Crippen LogP contribution in [-0.4, -0.2) is 8.07 Å². The molecule has 1 aliphatic carbocycles. The van der Waals surface area contributed by atoms with Gasteiger partial charge >= 0.3 is 0 Å². The summed E-state index contributed by atoms with van der Waals surface area (Å²) < 4.78 is 0. The van der Waals surface area contributed by atoms with Gasteiger partial charge in [0.2, 0.25) is 0 Å². The zero-order chi connectivity index (χ0) is 19.0. The standard InChI is InChI=1S/C26H34Si/c1-5-7-8-9-11-22-18-21-16-17-23-24(25(21)26(22)27(23,3)4)20-14-12-19(10-6-2)13-15-20/h12-17H,5-11,18H2,1-4H3.